The van der Waals surface area contributed by atoms with Crippen LogP contribution in [0.4, 0.5) is 0 Å². The zero-order valence-corrected chi connectivity index (χ0v) is 15.6. The maximum Gasteiger partial charge on any atom is 0.345 e. The van der Waals surface area contributed by atoms with Gasteiger partial charge in [-0.3, -0.25) is 4.79 Å². The fourth-order valence-electron chi connectivity index (χ4n) is 3.52. The van der Waals surface area contributed by atoms with E-state index in [0.717, 1.165) is 43.0 Å². The van der Waals surface area contributed by atoms with Crippen molar-refractivity contribution < 1.29 is 4.79 Å². The summed E-state index contributed by atoms with van der Waals surface area (Å²) in [6.45, 7) is 11.2. The fourth-order valence-corrected chi connectivity index (χ4v) is 3.52. The minimum absolute atomic E-state index is 0.156. The molecule has 1 N–H and O–H groups in total. The van der Waals surface area contributed by atoms with E-state index in [4.69, 9.17) is 0 Å². The maximum absolute atomic E-state index is 12.4. The summed E-state index contributed by atoms with van der Waals surface area (Å²) < 4.78 is 0. The van der Waals surface area contributed by atoms with Crippen molar-refractivity contribution in [2.75, 3.05) is 26.7 Å². The average Bonchev–Trinajstić information content (AvgIpc) is 2.94. The second-order valence-electron chi connectivity index (χ2n) is 7.25. The Kier molecular flexibility index (Phi) is 6.15. The summed E-state index contributed by atoms with van der Waals surface area (Å²) in [5.41, 5.74) is 2.18. The predicted molar refractivity (Wildman–Crippen MR) is 95.1 cm³/mol. The monoisotopic (exact) mass is 334 g/mol. The lowest BCUT2D eigenvalue weighted by atomic mass is 10.1. The second kappa shape index (κ2) is 7.92. The average molecular weight is 334 g/mol. The highest BCUT2D eigenvalue weighted by Crippen LogP contribution is 2.19. The van der Waals surface area contributed by atoms with Gasteiger partial charge >= 0.3 is 5.69 Å². The summed E-state index contributed by atoms with van der Waals surface area (Å²) in [4.78, 5) is 34.7. The molecule has 1 amide bonds. The minimum atomic E-state index is -0.326. The molecule has 1 aromatic rings. The van der Waals surface area contributed by atoms with E-state index in [1.54, 1.807) is 0 Å². The van der Waals surface area contributed by atoms with Gasteiger partial charge in [0.05, 0.1) is 0 Å². The van der Waals surface area contributed by atoms with Crippen LogP contribution in [-0.4, -0.2) is 58.4 Å². The molecule has 1 aliphatic heterocycles. The highest BCUT2D eigenvalue weighted by atomic mass is 16.2. The number of aryl methyl sites for hydroxylation is 2. The van der Waals surface area contributed by atoms with Crippen LogP contribution in [0.2, 0.25) is 0 Å². The third kappa shape index (κ3) is 4.66. The molecule has 1 atom stereocenters. The highest BCUT2D eigenvalue weighted by Gasteiger charge is 2.26. The summed E-state index contributed by atoms with van der Waals surface area (Å²) >= 11 is 0. The molecule has 2 rings (SSSR count). The summed E-state index contributed by atoms with van der Waals surface area (Å²) in [6, 6.07) is 0.578. The van der Waals surface area contributed by atoms with Gasteiger partial charge in [0, 0.05) is 44.0 Å². The van der Waals surface area contributed by atoms with E-state index in [9.17, 15) is 9.59 Å². The molecule has 0 bridgehead atoms. The molecule has 0 radical (unpaired) electrons. The summed E-state index contributed by atoms with van der Waals surface area (Å²) in [6.07, 6.45) is 2.23. The molecule has 1 aliphatic rings. The Balaban J connectivity index is 1.86. The first-order chi connectivity index (χ1) is 11.3. The molecular weight excluding hydrogens is 304 g/mol. The molecule has 6 nitrogen and oxygen atoms in total. The van der Waals surface area contributed by atoms with Crippen molar-refractivity contribution in [2.24, 2.45) is 5.92 Å². The topological polar surface area (TPSA) is 69.3 Å². The number of nitrogens with zero attached hydrogens (tertiary/aromatic N) is 3. The molecule has 0 aliphatic carbocycles. The number of H-pyrrole nitrogens is 1. The highest BCUT2D eigenvalue weighted by molar-refractivity contribution is 5.76. The third-order valence-corrected chi connectivity index (χ3v) is 5.05. The Morgan fingerprint density at radius 1 is 1.42 bits per heavy atom. The van der Waals surface area contributed by atoms with Gasteiger partial charge in [-0.25, -0.2) is 4.79 Å². The van der Waals surface area contributed by atoms with Crippen LogP contribution in [0.15, 0.2) is 4.79 Å². The number of carbonyl (C=O) groups is 1. The Morgan fingerprint density at radius 3 is 2.71 bits per heavy atom. The molecule has 134 valence electrons. The van der Waals surface area contributed by atoms with Crippen molar-refractivity contribution in [1.82, 2.24) is 19.8 Å². The minimum Gasteiger partial charge on any atom is -0.345 e. The van der Waals surface area contributed by atoms with Crippen LogP contribution in [0.1, 0.15) is 43.6 Å². The van der Waals surface area contributed by atoms with Gasteiger partial charge in [0.1, 0.15) is 0 Å². The van der Waals surface area contributed by atoms with E-state index >= 15 is 0 Å². The van der Waals surface area contributed by atoms with E-state index < -0.39 is 0 Å². The SMILES string of the molecule is Cc1nc(=O)[nH]c(C)c1CCC(=O)N(C)C[C@H]1CCN(C(C)C)C1. The van der Waals surface area contributed by atoms with Crippen LogP contribution < -0.4 is 5.69 Å². The van der Waals surface area contributed by atoms with Gasteiger partial charge in [0.2, 0.25) is 5.91 Å². The second-order valence-corrected chi connectivity index (χ2v) is 7.25. The Morgan fingerprint density at radius 2 is 2.12 bits per heavy atom. The van der Waals surface area contributed by atoms with Crippen molar-refractivity contribution in [3.05, 3.63) is 27.4 Å². The summed E-state index contributed by atoms with van der Waals surface area (Å²) in [5, 5.41) is 0. The van der Waals surface area contributed by atoms with Gasteiger partial charge in [-0.15, -0.1) is 0 Å². The Bertz CT molecular complexity index is 612. The van der Waals surface area contributed by atoms with Gasteiger partial charge in [-0.05, 0) is 58.6 Å². The van der Waals surface area contributed by atoms with Gasteiger partial charge in [-0.2, -0.15) is 4.98 Å². The quantitative estimate of drug-likeness (QED) is 0.856. The largest absolute Gasteiger partial charge is 0.345 e. The molecule has 2 heterocycles. The first-order valence-electron chi connectivity index (χ1n) is 8.82. The van der Waals surface area contributed by atoms with Crippen LogP contribution in [0.3, 0.4) is 0 Å². The lowest BCUT2D eigenvalue weighted by Gasteiger charge is -2.23. The molecule has 0 saturated carbocycles. The number of likely N-dealkylation sites (tertiary alicyclic amines) is 1. The van der Waals surface area contributed by atoms with Gasteiger partial charge in [-0.1, -0.05) is 0 Å². The number of hydrogen-bond acceptors (Lipinski definition) is 4. The first-order valence-corrected chi connectivity index (χ1v) is 8.82. The van der Waals surface area contributed by atoms with Crippen molar-refractivity contribution in [3.63, 3.8) is 0 Å². The van der Waals surface area contributed by atoms with Crippen LogP contribution >= 0.6 is 0 Å². The van der Waals surface area contributed by atoms with E-state index in [0.29, 0.717) is 24.8 Å². The zero-order valence-electron chi connectivity index (χ0n) is 15.6. The van der Waals surface area contributed by atoms with Gasteiger partial charge < -0.3 is 14.8 Å². The van der Waals surface area contributed by atoms with Crippen molar-refractivity contribution in [2.45, 2.75) is 53.0 Å². The van der Waals surface area contributed by atoms with E-state index in [1.807, 2.05) is 25.8 Å². The summed E-state index contributed by atoms with van der Waals surface area (Å²) in [7, 11) is 1.89. The zero-order chi connectivity index (χ0) is 17.9. The van der Waals surface area contributed by atoms with Crippen LogP contribution in [0, 0.1) is 19.8 Å². The molecule has 0 unspecified atom stereocenters. The predicted octanol–water partition coefficient (Wildman–Crippen LogP) is 1.51. The Hall–Kier alpha value is -1.69. The number of hydrogen-bond donors (Lipinski definition) is 1. The van der Waals surface area contributed by atoms with E-state index in [2.05, 4.69) is 28.7 Å². The van der Waals surface area contributed by atoms with Crippen molar-refractivity contribution >= 4 is 5.91 Å². The number of carbonyl (C=O) groups excluding carboxylic acids is 1. The Labute approximate surface area is 144 Å². The standard InChI is InChI=1S/C18H30N4O2/c1-12(2)22-9-8-15(11-22)10-21(5)17(23)7-6-16-13(3)19-18(24)20-14(16)4/h12,15H,6-11H2,1-5H3,(H,19,20,24)/t15-/m1/s1. The van der Waals surface area contributed by atoms with Gasteiger partial charge in [0.25, 0.3) is 0 Å². The van der Waals surface area contributed by atoms with Crippen molar-refractivity contribution in [3.8, 4) is 0 Å². The molecule has 24 heavy (non-hydrogen) atoms. The normalized spacial score (nSPS) is 18.3. The number of nitrogens with one attached hydrogen (secondary N) is 1. The smallest absolute Gasteiger partial charge is 0.345 e. The lowest BCUT2D eigenvalue weighted by Crippen LogP contribution is -2.34. The molecule has 1 fully saturated rings. The number of rotatable bonds is 6. The van der Waals surface area contributed by atoms with E-state index in [-0.39, 0.29) is 11.6 Å². The molecule has 0 spiro atoms. The van der Waals surface area contributed by atoms with E-state index in [1.165, 1.54) is 0 Å². The van der Waals surface area contributed by atoms with Crippen LogP contribution in [0.5, 0.6) is 0 Å². The first kappa shape index (κ1) is 18.6. The number of aromatic nitrogens is 2. The number of aromatic amines is 1. The van der Waals surface area contributed by atoms with Gasteiger partial charge in [0.15, 0.2) is 0 Å². The number of amides is 1. The third-order valence-electron chi connectivity index (χ3n) is 5.05. The van der Waals surface area contributed by atoms with Crippen molar-refractivity contribution in [1.29, 1.82) is 0 Å². The molecule has 1 aromatic heterocycles. The fraction of sp³-hybridized carbons (Fsp3) is 0.722. The maximum atomic E-state index is 12.4. The lowest BCUT2D eigenvalue weighted by molar-refractivity contribution is -0.130. The summed E-state index contributed by atoms with van der Waals surface area (Å²) in [5.74, 6) is 0.725. The molecule has 6 heteroatoms. The molecular formula is C18H30N4O2. The van der Waals surface area contributed by atoms with Crippen LogP contribution in [0.25, 0.3) is 0 Å². The molecule has 0 aromatic carbocycles. The molecule has 1 saturated heterocycles. The van der Waals surface area contributed by atoms with Crippen LogP contribution in [-0.2, 0) is 11.2 Å².